The quantitative estimate of drug-likeness (QED) is 0.733. The van der Waals surface area contributed by atoms with E-state index in [1.54, 1.807) is 0 Å². The van der Waals surface area contributed by atoms with Crippen LogP contribution in [0.3, 0.4) is 0 Å². The van der Waals surface area contributed by atoms with Gasteiger partial charge in [0.2, 0.25) is 0 Å². The molecule has 1 aliphatic rings. The van der Waals surface area contributed by atoms with E-state index in [0.717, 1.165) is 0 Å². The standard InChI is InChI=1S/C16H13ClF3NO/c17-15-14(16(18,19)20)13(6-7-21-15)22-12-8-11(9-12)10-4-2-1-3-5-10/h1-7,11-12H,8-9H2. The maximum atomic E-state index is 13.0. The molecule has 0 bridgehead atoms. The third kappa shape index (κ3) is 3.04. The number of rotatable bonds is 3. The Hall–Kier alpha value is -1.75. The minimum atomic E-state index is -4.58. The predicted molar refractivity (Wildman–Crippen MR) is 77.1 cm³/mol. The third-order valence-corrected chi connectivity index (χ3v) is 4.10. The number of hydrogen-bond donors (Lipinski definition) is 0. The average Bonchev–Trinajstić information content (AvgIpc) is 2.42. The van der Waals surface area contributed by atoms with Crippen LogP contribution in [0.15, 0.2) is 42.6 Å². The molecule has 6 heteroatoms. The lowest BCUT2D eigenvalue weighted by Crippen LogP contribution is -2.33. The molecule has 0 aliphatic heterocycles. The highest BCUT2D eigenvalue weighted by Gasteiger charge is 2.40. The van der Waals surface area contributed by atoms with Crippen LogP contribution in [0.1, 0.15) is 29.9 Å². The van der Waals surface area contributed by atoms with E-state index in [0.29, 0.717) is 18.8 Å². The molecule has 2 nitrogen and oxygen atoms in total. The van der Waals surface area contributed by atoms with E-state index in [1.807, 2.05) is 30.3 Å². The van der Waals surface area contributed by atoms with Crippen molar-refractivity contribution >= 4 is 11.6 Å². The van der Waals surface area contributed by atoms with Gasteiger partial charge in [-0.1, -0.05) is 41.9 Å². The van der Waals surface area contributed by atoms with Gasteiger partial charge in [-0.15, -0.1) is 0 Å². The fourth-order valence-corrected chi connectivity index (χ4v) is 2.87. The van der Waals surface area contributed by atoms with Crippen molar-refractivity contribution in [3.63, 3.8) is 0 Å². The number of halogens is 4. The third-order valence-electron chi connectivity index (χ3n) is 3.81. The number of nitrogens with zero attached hydrogens (tertiary/aromatic N) is 1. The maximum absolute atomic E-state index is 13.0. The van der Waals surface area contributed by atoms with Gasteiger partial charge in [-0.05, 0) is 30.4 Å². The Balaban J connectivity index is 1.70. The molecule has 116 valence electrons. The maximum Gasteiger partial charge on any atom is 0.422 e. The molecule has 0 radical (unpaired) electrons. The van der Waals surface area contributed by atoms with E-state index >= 15 is 0 Å². The number of alkyl halides is 3. The second-order valence-electron chi connectivity index (χ2n) is 5.29. The van der Waals surface area contributed by atoms with E-state index < -0.39 is 16.9 Å². The number of ether oxygens (including phenoxy) is 1. The first-order chi connectivity index (χ1) is 10.4. The van der Waals surface area contributed by atoms with E-state index in [9.17, 15) is 13.2 Å². The Kier molecular flexibility index (Phi) is 4.00. The Labute approximate surface area is 130 Å². The van der Waals surface area contributed by atoms with Gasteiger partial charge >= 0.3 is 6.18 Å². The topological polar surface area (TPSA) is 22.1 Å². The van der Waals surface area contributed by atoms with Crippen LogP contribution in [0.4, 0.5) is 13.2 Å². The minimum Gasteiger partial charge on any atom is -0.490 e. The van der Waals surface area contributed by atoms with Gasteiger partial charge < -0.3 is 4.74 Å². The zero-order chi connectivity index (χ0) is 15.7. The lowest BCUT2D eigenvalue weighted by molar-refractivity contribution is -0.139. The van der Waals surface area contributed by atoms with Gasteiger partial charge in [-0.25, -0.2) is 4.98 Å². The molecule has 22 heavy (non-hydrogen) atoms. The number of aromatic nitrogens is 1. The zero-order valence-electron chi connectivity index (χ0n) is 11.5. The first-order valence-corrected chi connectivity index (χ1v) is 7.26. The van der Waals surface area contributed by atoms with Gasteiger partial charge in [0.05, 0.1) is 6.10 Å². The van der Waals surface area contributed by atoms with E-state index in [-0.39, 0.29) is 11.9 Å². The van der Waals surface area contributed by atoms with Gasteiger partial charge in [0.25, 0.3) is 0 Å². The smallest absolute Gasteiger partial charge is 0.422 e. The zero-order valence-corrected chi connectivity index (χ0v) is 12.2. The van der Waals surface area contributed by atoms with Crippen molar-refractivity contribution in [2.24, 2.45) is 0 Å². The lowest BCUT2D eigenvalue weighted by atomic mass is 9.77. The Morgan fingerprint density at radius 3 is 2.41 bits per heavy atom. The summed E-state index contributed by atoms with van der Waals surface area (Å²) in [6, 6.07) is 11.1. The largest absolute Gasteiger partial charge is 0.490 e. The molecule has 0 saturated heterocycles. The van der Waals surface area contributed by atoms with Crippen molar-refractivity contribution in [3.8, 4) is 5.75 Å². The molecule has 1 aromatic carbocycles. The van der Waals surface area contributed by atoms with Crippen LogP contribution in [0, 0.1) is 0 Å². The molecule has 0 amide bonds. The van der Waals surface area contributed by atoms with Crippen LogP contribution < -0.4 is 4.74 Å². The molecular weight excluding hydrogens is 315 g/mol. The van der Waals surface area contributed by atoms with Crippen LogP contribution in [-0.4, -0.2) is 11.1 Å². The summed E-state index contributed by atoms with van der Waals surface area (Å²) in [6.07, 6.45) is -2.20. The summed E-state index contributed by atoms with van der Waals surface area (Å²) in [7, 11) is 0. The molecule has 3 rings (SSSR count). The van der Waals surface area contributed by atoms with Gasteiger partial charge in [0.15, 0.2) is 0 Å². The SMILES string of the molecule is FC(F)(F)c1c(OC2CC(c3ccccc3)C2)ccnc1Cl. The van der Waals surface area contributed by atoms with E-state index in [1.165, 1.54) is 17.8 Å². The van der Waals surface area contributed by atoms with Crippen LogP contribution in [0.5, 0.6) is 5.75 Å². The number of hydrogen-bond acceptors (Lipinski definition) is 2. The van der Waals surface area contributed by atoms with Crippen LogP contribution in [0.2, 0.25) is 5.15 Å². The molecule has 0 unspecified atom stereocenters. The fraction of sp³-hybridized carbons (Fsp3) is 0.312. The number of benzene rings is 1. The monoisotopic (exact) mass is 327 g/mol. The van der Waals surface area contributed by atoms with Gasteiger partial charge in [0, 0.05) is 6.20 Å². The fourth-order valence-electron chi connectivity index (χ4n) is 2.61. The first-order valence-electron chi connectivity index (χ1n) is 6.88. The second-order valence-corrected chi connectivity index (χ2v) is 5.65. The van der Waals surface area contributed by atoms with Crippen LogP contribution in [-0.2, 0) is 6.18 Å². The molecule has 1 saturated carbocycles. The van der Waals surface area contributed by atoms with Gasteiger partial charge in [-0.3, -0.25) is 0 Å². The summed E-state index contributed by atoms with van der Waals surface area (Å²) < 4.78 is 44.6. The molecule has 0 N–H and O–H groups in total. The molecule has 0 spiro atoms. The summed E-state index contributed by atoms with van der Waals surface area (Å²) >= 11 is 5.57. The Morgan fingerprint density at radius 2 is 1.77 bits per heavy atom. The van der Waals surface area contributed by atoms with E-state index in [2.05, 4.69) is 4.98 Å². The average molecular weight is 328 g/mol. The van der Waals surface area contributed by atoms with Crippen LogP contribution >= 0.6 is 11.6 Å². The molecule has 1 aliphatic carbocycles. The van der Waals surface area contributed by atoms with Gasteiger partial charge in [0.1, 0.15) is 16.5 Å². The molecular formula is C16H13ClF3NO. The Bertz CT molecular complexity index is 654. The number of pyridine rings is 1. The first kappa shape index (κ1) is 15.2. The van der Waals surface area contributed by atoms with Crippen molar-refractivity contribution in [1.82, 2.24) is 4.98 Å². The summed E-state index contributed by atoms with van der Waals surface area (Å²) in [5.74, 6) is 0.0851. The van der Waals surface area contributed by atoms with Crippen LogP contribution in [0.25, 0.3) is 0 Å². The second kappa shape index (κ2) is 5.80. The normalized spacial score (nSPS) is 21.3. The lowest BCUT2D eigenvalue weighted by Gasteiger charge is -2.36. The highest BCUT2D eigenvalue weighted by molar-refractivity contribution is 6.30. The molecule has 1 aromatic heterocycles. The van der Waals surface area contributed by atoms with Crippen molar-refractivity contribution in [2.75, 3.05) is 0 Å². The van der Waals surface area contributed by atoms with E-state index in [4.69, 9.17) is 16.3 Å². The molecule has 0 atom stereocenters. The Morgan fingerprint density at radius 1 is 1.09 bits per heavy atom. The van der Waals surface area contributed by atoms with Crippen molar-refractivity contribution in [3.05, 3.63) is 58.9 Å². The molecule has 2 aromatic rings. The highest BCUT2D eigenvalue weighted by Crippen LogP contribution is 2.44. The summed E-state index contributed by atoms with van der Waals surface area (Å²) in [6.45, 7) is 0. The van der Waals surface area contributed by atoms with Gasteiger partial charge in [-0.2, -0.15) is 13.2 Å². The molecule has 1 fully saturated rings. The van der Waals surface area contributed by atoms with Crippen molar-refractivity contribution < 1.29 is 17.9 Å². The predicted octanol–water partition coefficient (Wildman–Crippen LogP) is 5.08. The molecule has 1 heterocycles. The summed E-state index contributed by atoms with van der Waals surface area (Å²) in [5, 5.41) is -0.580. The highest BCUT2D eigenvalue weighted by atomic mass is 35.5. The summed E-state index contributed by atoms with van der Waals surface area (Å²) in [4.78, 5) is 3.49. The summed E-state index contributed by atoms with van der Waals surface area (Å²) in [5.41, 5.74) is 0.186. The van der Waals surface area contributed by atoms with Crippen molar-refractivity contribution in [2.45, 2.75) is 31.0 Å². The minimum absolute atomic E-state index is 0.232. The van der Waals surface area contributed by atoms with Crippen molar-refractivity contribution in [1.29, 1.82) is 0 Å².